The van der Waals surface area contributed by atoms with Crippen molar-refractivity contribution in [3.05, 3.63) is 28.2 Å². The molecule has 1 atom stereocenters. The van der Waals surface area contributed by atoms with Crippen molar-refractivity contribution in [3.63, 3.8) is 0 Å². The summed E-state index contributed by atoms with van der Waals surface area (Å²) in [5.41, 5.74) is 6.86. The Morgan fingerprint density at radius 3 is 3.00 bits per heavy atom. The number of benzene rings is 1. The predicted molar refractivity (Wildman–Crippen MR) is 87.3 cm³/mol. The average molecular weight is 341 g/mol. The van der Waals surface area contributed by atoms with E-state index in [0.29, 0.717) is 12.6 Å². The van der Waals surface area contributed by atoms with Gasteiger partial charge in [-0.1, -0.05) is 18.6 Å². The largest absolute Gasteiger partial charge is 0.492 e. The summed E-state index contributed by atoms with van der Waals surface area (Å²) < 4.78 is 7.07. The number of ether oxygens (including phenoxy) is 1. The Kier molecular flexibility index (Phi) is 6.33. The lowest BCUT2D eigenvalue weighted by Gasteiger charge is -2.32. The van der Waals surface area contributed by atoms with Gasteiger partial charge in [-0.05, 0) is 73.4 Å². The summed E-state index contributed by atoms with van der Waals surface area (Å²) in [5, 5.41) is 0. The first kappa shape index (κ1) is 15.8. The zero-order chi connectivity index (χ0) is 14.4. The van der Waals surface area contributed by atoms with E-state index in [-0.39, 0.29) is 0 Å². The van der Waals surface area contributed by atoms with Gasteiger partial charge in [-0.2, -0.15) is 0 Å². The summed E-state index contributed by atoms with van der Waals surface area (Å²) >= 11 is 3.58. The minimum absolute atomic E-state index is 0.651. The van der Waals surface area contributed by atoms with Crippen molar-refractivity contribution in [1.82, 2.24) is 4.90 Å². The lowest BCUT2D eigenvalue weighted by Crippen LogP contribution is -2.37. The highest BCUT2D eigenvalue weighted by molar-refractivity contribution is 9.10. The quantitative estimate of drug-likeness (QED) is 0.864. The predicted octanol–water partition coefficient (Wildman–Crippen LogP) is 3.20. The smallest absolute Gasteiger partial charge is 0.136 e. The lowest BCUT2D eigenvalue weighted by molar-refractivity contribution is 0.152. The fourth-order valence-electron chi connectivity index (χ4n) is 2.87. The third-order valence-electron chi connectivity index (χ3n) is 4.08. The molecule has 1 aliphatic rings. The Morgan fingerprint density at radius 1 is 1.40 bits per heavy atom. The highest BCUT2D eigenvalue weighted by atomic mass is 79.9. The van der Waals surface area contributed by atoms with Crippen molar-refractivity contribution < 1.29 is 4.74 Å². The maximum atomic E-state index is 6.04. The molecule has 0 bridgehead atoms. The number of rotatable bonds is 6. The number of hydrogen-bond donors (Lipinski definition) is 1. The van der Waals surface area contributed by atoms with E-state index in [9.17, 15) is 0 Å². The van der Waals surface area contributed by atoms with E-state index in [0.717, 1.165) is 29.7 Å². The normalized spacial score (nSPS) is 20.1. The van der Waals surface area contributed by atoms with Crippen molar-refractivity contribution >= 4 is 15.9 Å². The standard InChI is InChI=1S/C16H25BrN2O/c1-19-11-3-2-6-14(19)9-12-20-16-13(8-10-18)5-4-7-15(16)17/h4-5,7,14H,2-3,6,8-12,18H2,1H3. The molecule has 1 aromatic rings. The van der Waals surface area contributed by atoms with E-state index < -0.39 is 0 Å². The third kappa shape index (κ3) is 4.21. The molecule has 20 heavy (non-hydrogen) atoms. The Balaban J connectivity index is 1.90. The van der Waals surface area contributed by atoms with Crippen LogP contribution in [0.25, 0.3) is 0 Å². The first-order valence-corrected chi connectivity index (χ1v) is 8.32. The fraction of sp³-hybridized carbons (Fsp3) is 0.625. The minimum Gasteiger partial charge on any atom is -0.492 e. The molecule has 2 rings (SSSR count). The van der Waals surface area contributed by atoms with Crippen molar-refractivity contribution in [2.24, 2.45) is 5.73 Å². The molecule has 0 aromatic heterocycles. The van der Waals surface area contributed by atoms with Crippen LogP contribution in [-0.4, -0.2) is 37.7 Å². The third-order valence-corrected chi connectivity index (χ3v) is 4.71. The minimum atomic E-state index is 0.651. The number of nitrogens with two attached hydrogens (primary N) is 1. The van der Waals surface area contributed by atoms with E-state index in [4.69, 9.17) is 10.5 Å². The number of hydrogen-bond acceptors (Lipinski definition) is 3. The van der Waals surface area contributed by atoms with Crippen LogP contribution in [0, 0.1) is 0 Å². The van der Waals surface area contributed by atoms with Gasteiger partial charge in [-0.15, -0.1) is 0 Å². The number of halogens is 1. The lowest BCUT2D eigenvalue weighted by atomic mass is 10.0. The van der Waals surface area contributed by atoms with Gasteiger partial charge in [-0.25, -0.2) is 0 Å². The maximum absolute atomic E-state index is 6.04. The van der Waals surface area contributed by atoms with E-state index in [2.05, 4.69) is 33.9 Å². The van der Waals surface area contributed by atoms with Gasteiger partial charge < -0.3 is 15.4 Å². The SMILES string of the molecule is CN1CCCCC1CCOc1c(Br)cccc1CCN. The van der Waals surface area contributed by atoms with Crippen molar-refractivity contribution in [2.75, 3.05) is 26.7 Å². The molecule has 1 fully saturated rings. The van der Waals surface area contributed by atoms with E-state index >= 15 is 0 Å². The van der Waals surface area contributed by atoms with Gasteiger partial charge in [0.15, 0.2) is 0 Å². The van der Waals surface area contributed by atoms with Crippen LogP contribution >= 0.6 is 15.9 Å². The first-order chi connectivity index (χ1) is 9.72. The van der Waals surface area contributed by atoms with Gasteiger partial charge >= 0.3 is 0 Å². The van der Waals surface area contributed by atoms with Crippen molar-refractivity contribution in [2.45, 2.75) is 38.1 Å². The van der Waals surface area contributed by atoms with Crippen LogP contribution in [0.3, 0.4) is 0 Å². The van der Waals surface area contributed by atoms with Crippen LogP contribution in [0.4, 0.5) is 0 Å². The molecule has 0 amide bonds. The van der Waals surface area contributed by atoms with Crippen LogP contribution in [-0.2, 0) is 6.42 Å². The van der Waals surface area contributed by atoms with Gasteiger partial charge in [0, 0.05) is 6.04 Å². The zero-order valence-corrected chi connectivity index (χ0v) is 13.9. The molecule has 112 valence electrons. The van der Waals surface area contributed by atoms with Crippen molar-refractivity contribution in [1.29, 1.82) is 0 Å². The number of nitrogens with zero attached hydrogens (tertiary/aromatic N) is 1. The molecule has 0 radical (unpaired) electrons. The molecule has 1 aromatic carbocycles. The summed E-state index contributed by atoms with van der Waals surface area (Å²) in [6.45, 7) is 2.64. The zero-order valence-electron chi connectivity index (χ0n) is 12.3. The molecular weight excluding hydrogens is 316 g/mol. The molecule has 3 nitrogen and oxygen atoms in total. The summed E-state index contributed by atoms with van der Waals surface area (Å²) in [6, 6.07) is 6.84. The highest BCUT2D eigenvalue weighted by Crippen LogP contribution is 2.30. The Morgan fingerprint density at radius 2 is 2.25 bits per heavy atom. The Bertz CT molecular complexity index is 425. The summed E-state index contributed by atoms with van der Waals surface area (Å²) in [5.74, 6) is 0.969. The maximum Gasteiger partial charge on any atom is 0.136 e. The Hall–Kier alpha value is -0.580. The van der Waals surface area contributed by atoms with E-state index in [1.807, 2.05) is 12.1 Å². The van der Waals surface area contributed by atoms with E-state index in [1.54, 1.807) is 0 Å². The molecule has 4 heteroatoms. The molecule has 0 spiro atoms. The topological polar surface area (TPSA) is 38.5 Å². The number of piperidine rings is 1. The molecule has 0 aliphatic carbocycles. The van der Waals surface area contributed by atoms with Crippen LogP contribution in [0.2, 0.25) is 0 Å². The average Bonchev–Trinajstić information content (AvgIpc) is 2.44. The van der Waals surface area contributed by atoms with Crippen LogP contribution in [0.1, 0.15) is 31.2 Å². The van der Waals surface area contributed by atoms with Gasteiger partial charge in [0.2, 0.25) is 0 Å². The molecule has 1 aliphatic heterocycles. The molecule has 2 N–H and O–H groups in total. The fourth-order valence-corrected chi connectivity index (χ4v) is 3.40. The molecule has 1 heterocycles. The Labute approximate surface area is 130 Å². The second kappa shape index (κ2) is 8.01. The number of likely N-dealkylation sites (tertiary alicyclic amines) is 1. The van der Waals surface area contributed by atoms with Gasteiger partial charge in [0.1, 0.15) is 5.75 Å². The van der Waals surface area contributed by atoms with Gasteiger partial charge in [0.25, 0.3) is 0 Å². The summed E-state index contributed by atoms with van der Waals surface area (Å²) in [7, 11) is 2.22. The highest BCUT2D eigenvalue weighted by Gasteiger charge is 2.19. The van der Waals surface area contributed by atoms with Crippen LogP contribution in [0.5, 0.6) is 5.75 Å². The molecule has 1 unspecified atom stereocenters. The molecule has 1 saturated heterocycles. The van der Waals surface area contributed by atoms with Crippen molar-refractivity contribution in [3.8, 4) is 5.75 Å². The van der Waals surface area contributed by atoms with E-state index in [1.165, 1.54) is 31.4 Å². The summed E-state index contributed by atoms with van der Waals surface area (Å²) in [6.07, 6.45) is 5.94. The monoisotopic (exact) mass is 340 g/mol. The van der Waals surface area contributed by atoms with Crippen LogP contribution in [0.15, 0.2) is 22.7 Å². The van der Waals surface area contributed by atoms with Gasteiger partial charge in [-0.3, -0.25) is 0 Å². The first-order valence-electron chi connectivity index (χ1n) is 7.53. The second-order valence-electron chi connectivity index (χ2n) is 5.53. The summed E-state index contributed by atoms with van der Waals surface area (Å²) in [4.78, 5) is 2.47. The molecular formula is C16H25BrN2O. The van der Waals surface area contributed by atoms with Gasteiger partial charge in [0.05, 0.1) is 11.1 Å². The second-order valence-corrected chi connectivity index (χ2v) is 6.39. The molecule has 0 saturated carbocycles. The number of para-hydroxylation sites is 1. The van der Waals surface area contributed by atoms with Crippen LogP contribution < -0.4 is 10.5 Å².